The van der Waals surface area contributed by atoms with Gasteiger partial charge in [-0.15, -0.1) is 11.3 Å². The summed E-state index contributed by atoms with van der Waals surface area (Å²) in [5.41, 5.74) is 3.54. The number of thiophene rings is 1. The van der Waals surface area contributed by atoms with Gasteiger partial charge in [-0.3, -0.25) is 9.36 Å². The molecule has 0 aliphatic carbocycles. The highest BCUT2D eigenvalue weighted by Crippen LogP contribution is 2.30. The first kappa shape index (κ1) is 16.7. The first-order valence-corrected chi connectivity index (χ1v) is 9.57. The van der Waals surface area contributed by atoms with E-state index in [0.29, 0.717) is 17.8 Å². The molecule has 0 spiro atoms. The van der Waals surface area contributed by atoms with Crippen LogP contribution in [0, 0.1) is 0 Å². The normalized spacial score (nSPS) is 11.3. The lowest BCUT2D eigenvalue weighted by Gasteiger charge is -2.08. The zero-order valence-corrected chi connectivity index (χ0v) is 15.7. The van der Waals surface area contributed by atoms with E-state index in [9.17, 15) is 4.79 Å². The Labute approximate surface area is 156 Å². The van der Waals surface area contributed by atoms with Crippen LogP contribution in [0.4, 0.5) is 0 Å². The molecule has 4 rings (SSSR count). The van der Waals surface area contributed by atoms with Crippen LogP contribution in [0.5, 0.6) is 0 Å². The first-order chi connectivity index (χ1) is 12.6. The lowest BCUT2D eigenvalue weighted by Crippen LogP contribution is -2.20. The van der Waals surface area contributed by atoms with E-state index in [1.54, 1.807) is 22.2 Å². The SMILES string of the molecule is CC(C)c1ccc(Cn2cnc3sc(-c4ccccc4)cc3c2=O)cc1. The minimum atomic E-state index is 0.0152. The molecule has 0 atom stereocenters. The lowest BCUT2D eigenvalue weighted by molar-refractivity contribution is 0.748. The van der Waals surface area contributed by atoms with E-state index in [4.69, 9.17) is 0 Å². The summed E-state index contributed by atoms with van der Waals surface area (Å²) in [5.74, 6) is 0.506. The Morgan fingerprint density at radius 1 is 1.04 bits per heavy atom. The third-order valence-electron chi connectivity index (χ3n) is 4.58. The van der Waals surface area contributed by atoms with Crippen molar-refractivity contribution >= 4 is 21.6 Å². The highest BCUT2D eigenvalue weighted by atomic mass is 32.1. The van der Waals surface area contributed by atoms with Crippen LogP contribution in [-0.4, -0.2) is 9.55 Å². The van der Waals surface area contributed by atoms with E-state index in [2.05, 4.69) is 55.2 Å². The summed E-state index contributed by atoms with van der Waals surface area (Å²) in [6.07, 6.45) is 1.66. The van der Waals surface area contributed by atoms with Crippen molar-refractivity contribution in [1.29, 1.82) is 0 Å². The second-order valence-electron chi connectivity index (χ2n) is 6.77. The largest absolute Gasteiger partial charge is 0.294 e. The van der Waals surface area contributed by atoms with E-state index in [0.717, 1.165) is 20.8 Å². The van der Waals surface area contributed by atoms with E-state index in [-0.39, 0.29) is 5.56 Å². The Morgan fingerprint density at radius 2 is 1.77 bits per heavy atom. The Bertz CT molecular complexity index is 1090. The Balaban J connectivity index is 1.68. The number of hydrogen-bond donors (Lipinski definition) is 0. The number of nitrogens with zero attached hydrogens (tertiary/aromatic N) is 2. The molecule has 0 aliphatic heterocycles. The van der Waals surface area contributed by atoms with Crippen molar-refractivity contribution < 1.29 is 0 Å². The maximum Gasteiger partial charge on any atom is 0.262 e. The minimum absolute atomic E-state index is 0.0152. The second kappa shape index (κ2) is 6.89. The van der Waals surface area contributed by atoms with Gasteiger partial charge in [0.05, 0.1) is 18.3 Å². The van der Waals surface area contributed by atoms with Crippen LogP contribution in [-0.2, 0) is 6.54 Å². The highest BCUT2D eigenvalue weighted by molar-refractivity contribution is 7.21. The molecule has 26 heavy (non-hydrogen) atoms. The third kappa shape index (κ3) is 3.20. The number of rotatable bonds is 4. The second-order valence-corrected chi connectivity index (χ2v) is 7.80. The topological polar surface area (TPSA) is 34.9 Å². The molecule has 0 saturated heterocycles. The molecule has 0 amide bonds. The van der Waals surface area contributed by atoms with Crippen molar-refractivity contribution in [2.75, 3.05) is 0 Å². The smallest absolute Gasteiger partial charge is 0.262 e. The predicted molar refractivity (Wildman–Crippen MR) is 109 cm³/mol. The van der Waals surface area contributed by atoms with Gasteiger partial charge in [0.2, 0.25) is 0 Å². The van der Waals surface area contributed by atoms with E-state index in [1.165, 1.54) is 5.56 Å². The summed E-state index contributed by atoms with van der Waals surface area (Å²) in [6.45, 7) is 4.90. The first-order valence-electron chi connectivity index (χ1n) is 8.75. The van der Waals surface area contributed by atoms with Crippen LogP contribution < -0.4 is 5.56 Å². The summed E-state index contributed by atoms with van der Waals surface area (Å²) in [4.78, 5) is 19.3. The molecule has 0 radical (unpaired) electrons. The molecule has 4 aromatic rings. The Hall–Kier alpha value is -2.72. The molecule has 0 N–H and O–H groups in total. The number of hydrogen-bond acceptors (Lipinski definition) is 3. The van der Waals surface area contributed by atoms with Gasteiger partial charge in [0.1, 0.15) is 4.83 Å². The van der Waals surface area contributed by atoms with Gasteiger partial charge in [0, 0.05) is 4.88 Å². The molecule has 0 aliphatic rings. The molecular formula is C22H20N2OS. The van der Waals surface area contributed by atoms with E-state index >= 15 is 0 Å². The summed E-state index contributed by atoms with van der Waals surface area (Å²) < 4.78 is 1.69. The summed E-state index contributed by atoms with van der Waals surface area (Å²) in [6, 6.07) is 20.5. The van der Waals surface area contributed by atoms with Crippen molar-refractivity contribution in [2.45, 2.75) is 26.3 Å². The minimum Gasteiger partial charge on any atom is -0.294 e. The van der Waals surface area contributed by atoms with Crippen LogP contribution in [0.1, 0.15) is 30.9 Å². The third-order valence-corrected chi connectivity index (χ3v) is 5.67. The fraction of sp³-hybridized carbons (Fsp3) is 0.182. The van der Waals surface area contributed by atoms with Gasteiger partial charge in [-0.2, -0.15) is 0 Å². The van der Waals surface area contributed by atoms with E-state index in [1.807, 2.05) is 24.3 Å². The van der Waals surface area contributed by atoms with Crippen LogP contribution in [0.2, 0.25) is 0 Å². The average Bonchev–Trinajstić information content (AvgIpc) is 3.10. The molecule has 130 valence electrons. The fourth-order valence-corrected chi connectivity index (χ4v) is 4.02. The molecule has 0 saturated carbocycles. The molecule has 2 aromatic heterocycles. The molecule has 3 nitrogen and oxygen atoms in total. The summed E-state index contributed by atoms with van der Waals surface area (Å²) in [7, 11) is 0. The monoisotopic (exact) mass is 360 g/mol. The van der Waals surface area contributed by atoms with Gasteiger partial charge in [0.15, 0.2) is 0 Å². The zero-order chi connectivity index (χ0) is 18.1. The lowest BCUT2D eigenvalue weighted by atomic mass is 10.0. The maximum absolute atomic E-state index is 12.9. The zero-order valence-electron chi connectivity index (χ0n) is 14.8. The van der Waals surface area contributed by atoms with Crippen LogP contribution in [0.25, 0.3) is 20.7 Å². The molecule has 2 heterocycles. The number of fused-ring (bicyclic) bond motifs is 1. The van der Waals surface area contributed by atoms with Crippen molar-refractivity contribution in [3.63, 3.8) is 0 Å². The molecule has 0 bridgehead atoms. The molecular weight excluding hydrogens is 340 g/mol. The van der Waals surface area contributed by atoms with Gasteiger partial charge in [-0.25, -0.2) is 4.98 Å². The maximum atomic E-state index is 12.9. The van der Waals surface area contributed by atoms with Crippen molar-refractivity contribution in [3.05, 3.63) is 88.5 Å². The van der Waals surface area contributed by atoms with Crippen molar-refractivity contribution in [3.8, 4) is 10.4 Å². The van der Waals surface area contributed by atoms with Crippen LogP contribution in [0.15, 0.2) is 71.8 Å². The van der Waals surface area contributed by atoms with Crippen molar-refractivity contribution in [1.82, 2.24) is 9.55 Å². The molecule has 0 unspecified atom stereocenters. The van der Waals surface area contributed by atoms with Crippen LogP contribution >= 0.6 is 11.3 Å². The van der Waals surface area contributed by atoms with Gasteiger partial charge < -0.3 is 0 Å². The van der Waals surface area contributed by atoms with Crippen LogP contribution in [0.3, 0.4) is 0 Å². The average molecular weight is 360 g/mol. The highest BCUT2D eigenvalue weighted by Gasteiger charge is 2.10. The standard InChI is InChI=1S/C22H20N2OS/c1-15(2)17-10-8-16(9-11-17)13-24-14-23-21-19(22(24)25)12-20(26-21)18-6-4-3-5-7-18/h3-12,14-15H,13H2,1-2H3. The summed E-state index contributed by atoms with van der Waals surface area (Å²) >= 11 is 1.56. The molecule has 0 fully saturated rings. The van der Waals surface area contributed by atoms with Gasteiger partial charge >= 0.3 is 0 Å². The van der Waals surface area contributed by atoms with Gasteiger partial charge in [-0.05, 0) is 28.7 Å². The Kier molecular flexibility index (Phi) is 4.43. The quantitative estimate of drug-likeness (QED) is 0.495. The predicted octanol–water partition coefficient (Wildman–Crippen LogP) is 5.30. The van der Waals surface area contributed by atoms with E-state index < -0.39 is 0 Å². The number of aromatic nitrogens is 2. The number of benzene rings is 2. The fourth-order valence-electron chi connectivity index (χ4n) is 3.02. The molecule has 4 heteroatoms. The van der Waals surface area contributed by atoms with Crippen molar-refractivity contribution in [2.24, 2.45) is 0 Å². The molecule has 2 aromatic carbocycles. The van der Waals surface area contributed by atoms with Gasteiger partial charge in [0.25, 0.3) is 5.56 Å². The summed E-state index contributed by atoms with van der Waals surface area (Å²) in [5, 5.41) is 0.690. The van der Waals surface area contributed by atoms with Gasteiger partial charge in [-0.1, -0.05) is 68.4 Å². The Morgan fingerprint density at radius 3 is 2.46 bits per heavy atom.